The van der Waals surface area contributed by atoms with E-state index < -0.39 is 18.3 Å². The monoisotopic (exact) mass is 308 g/mol. The summed E-state index contributed by atoms with van der Waals surface area (Å²) in [6.45, 7) is 1.99. The van der Waals surface area contributed by atoms with Crippen LogP contribution in [0.4, 0.5) is 13.2 Å². The van der Waals surface area contributed by atoms with E-state index in [1.54, 1.807) is 6.92 Å². The minimum Gasteiger partial charge on any atom is -1.00 e. The number of rotatable bonds is 2. The van der Waals surface area contributed by atoms with E-state index >= 15 is 0 Å². The van der Waals surface area contributed by atoms with Crippen LogP contribution in [0.3, 0.4) is 0 Å². The van der Waals surface area contributed by atoms with Gasteiger partial charge in [-0.05, 0) is 6.42 Å². The molecular formula is C7H12F3IN2. The topological polar surface area (TPSA) is 7.68 Å². The zero-order valence-electron chi connectivity index (χ0n) is 7.45. The number of halogens is 4. The molecule has 6 heteroatoms. The first-order chi connectivity index (χ1) is 5.59. The van der Waals surface area contributed by atoms with Gasteiger partial charge in [0.1, 0.15) is 0 Å². The highest BCUT2D eigenvalue weighted by Gasteiger charge is 2.42. The summed E-state index contributed by atoms with van der Waals surface area (Å²) < 4.78 is 38.6. The van der Waals surface area contributed by atoms with Crippen LogP contribution in [0.5, 0.6) is 0 Å². The van der Waals surface area contributed by atoms with Gasteiger partial charge in [-0.15, -0.1) is 4.39 Å². The van der Waals surface area contributed by atoms with Crippen molar-refractivity contribution in [3.63, 3.8) is 0 Å². The van der Waals surface area contributed by atoms with Gasteiger partial charge in [0.2, 0.25) is 0 Å². The zero-order chi connectivity index (χ0) is 9.30. The van der Waals surface area contributed by atoms with Crippen LogP contribution >= 0.6 is 0 Å². The van der Waals surface area contributed by atoms with Gasteiger partial charge in [-0.3, -0.25) is 4.90 Å². The van der Waals surface area contributed by atoms with E-state index in [1.165, 1.54) is 7.05 Å². The van der Waals surface area contributed by atoms with E-state index in [9.17, 15) is 13.2 Å². The Morgan fingerprint density at radius 1 is 1.46 bits per heavy atom. The highest BCUT2D eigenvalue weighted by molar-refractivity contribution is 4.95. The molecule has 0 radical (unpaired) electrons. The minimum atomic E-state index is -1.62. The van der Waals surface area contributed by atoms with Crippen molar-refractivity contribution in [1.29, 1.82) is 0 Å². The maximum Gasteiger partial charge on any atom is 0.341 e. The quantitative estimate of drug-likeness (QED) is 0.440. The van der Waals surface area contributed by atoms with Gasteiger partial charge >= 0.3 is 12.4 Å². The molecule has 0 aromatic heterocycles. The number of hydrogen-bond acceptors (Lipinski definition) is 1. The van der Waals surface area contributed by atoms with Crippen molar-refractivity contribution in [3.05, 3.63) is 11.9 Å². The lowest BCUT2D eigenvalue weighted by Gasteiger charge is -2.17. The Hall–Kier alpha value is 0.0200. The number of nitrogens with one attached hydrogen (secondary N) is 1. The molecule has 0 spiro atoms. The fourth-order valence-corrected chi connectivity index (χ4v) is 1.18. The van der Waals surface area contributed by atoms with Crippen LogP contribution in [0.25, 0.3) is 0 Å². The lowest BCUT2D eigenvalue weighted by atomic mass is 10.4. The molecule has 0 aromatic carbocycles. The van der Waals surface area contributed by atoms with Crippen LogP contribution in [-0.2, 0) is 0 Å². The molecule has 1 aliphatic heterocycles. The van der Waals surface area contributed by atoms with Crippen LogP contribution in [0, 0.1) is 0 Å². The van der Waals surface area contributed by atoms with Crippen molar-refractivity contribution in [2.24, 2.45) is 0 Å². The molecular weight excluding hydrogens is 296 g/mol. The first-order valence-electron chi connectivity index (χ1n) is 3.89. The molecule has 1 aliphatic rings. The Kier molecular flexibility index (Phi) is 5.05. The van der Waals surface area contributed by atoms with Crippen LogP contribution in [-0.4, -0.2) is 24.9 Å². The van der Waals surface area contributed by atoms with Gasteiger partial charge < -0.3 is 24.0 Å². The maximum atomic E-state index is 13.0. The Labute approximate surface area is 92.4 Å². The lowest BCUT2D eigenvalue weighted by molar-refractivity contribution is -0.897. The molecule has 0 amide bonds. The smallest absolute Gasteiger partial charge is 0.341 e. The van der Waals surface area contributed by atoms with Crippen LogP contribution < -0.4 is 28.9 Å². The minimum absolute atomic E-state index is 0. The summed E-state index contributed by atoms with van der Waals surface area (Å²) >= 11 is 0. The standard InChI is InChI=1S/C7H11F3N2.HI/c1-3-4-12-6(9)5(8)11(2)7(12)10;/h7H,3-4H2,1-2H3;1H. The van der Waals surface area contributed by atoms with Crippen molar-refractivity contribution in [3.8, 4) is 0 Å². The number of quaternary nitrogens is 1. The van der Waals surface area contributed by atoms with Gasteiger partial charge in [0.25, 0.3) is 5.95 Å². The first kappa shape index (κ1) is 13.0. The van der Waals surface area contributed by atoms with Gasteiger partial charge in [0.15, 0.2) is 0 Å². The molecule has 0 aromatic rings. The van der Waals surface area contributed by atoms with E-state index in [1.807, 2.05) is 0 Å². The van der Waals surface area contributed by atoms with Gasteiger partial charge in [-0.1, -0.05) is 6.92 Å². The number of nitrogens with zero attached hydrogens (tertiary/aromatic N) is 1. The lowest BCUT2D eigenvalue weighted by Crippen LogP contribution is -3.09. The Bertz CT molecular complexity index is 210. The second-order valence-electron chi connectivity index (χ2n) is 2.82. The van der Waals surface area contributed by atoms with E-state index in [-0.39, 0.29) is 35.4 Å². The molecule has 1 rings (SSSR count). The van der Waals surface area contributed by atoms with Crippen LogP contribution in [0.2, 0.25) is 0 Å². The molecule has 2 atom stereocenters. The van der Waals surface area contributed by atoms with Gasteiger partial charge in [0.05, 0.1) is 7.05 Å². The normalized spacial score (nSPS) is 27.9. The van der Waals surface area contributed by atoms with Crippen molar-refractivity contribution < 1.29 is 42.0 Å². The zero-order valence-corrected chi connectivity index (χ0v) is 9.61. The van der Waals surface area contributed by atoms with E-state index in [4.69, 9.17) is 0 Å². The fourth-order valence-electron chi connectivity index (χ4n) is 1.18. The number of hydrogen-bond donors (Lipinski definition) is 1. The third-order valence-corrected chi connectivity index (χ3v) is 1.87. The fraction of sp³-hybridized carbons (Fsp3) is 0.714. The van der Waals surface area contributed by atoms with Crippen LogP contribution in [0.1, 0.15) is 13.3 Å². The number of alkyl halides is 1. The third-order valence-electron chi connectivity index (χ3n) is 1.87. The molecule has 13 heavy (non-hydrogen) atoms. The first-order valence-corrected chi connectivity index (χ1v) is 3.89. The SMILES string of the molecule is CCCN1C(F)=C(F)[NH+](C)C1F.[I-]. The van der Waals surface area contributed by atoms with Crippen molar-refractivity contribution in [2.75, 3.05) is 13.6 Å². The molecule has 78 valence electrons. The van der Waals surface area contributed by atoms with E-state index in [0.717, 1.165) is 4.90 Å². The largest absolute Gasteiger partial charge is 1.00 e. The average molecular weight is 308 g/mol. The van der Waals surface area contributed by atoms with Crippen molar-refractivity contribution >= 4 is 0 Å². The van der Waals surface area contributed by atoms with Crippen molar-refractivity contribution in [1.82, 2.24) is 4.90 Å². The van der Waals surface area contributed by atoms with Gasteiger partial charge in [-0.25, -0.2) is 4.90 Å². The average Bonchev–Trinajstić information content (AvgIpc) is 2.23. The van der Waals surface area contributed by atoms with Gasteiger partial charge in [0, 0.05) is 6.54 Å². The van der Waals surface area contributed by atoms with E-state index in [0.29, 0.717) is 6.42 Å². The highest BCUT2D eigenvalue weighted by atomic mass is 127. The Morgan fingerprint density at radius 3 is 2.31 bits per heavy atom. The summed E-state index contributed by atoms with van der Waals surface area (Å²) in [6, 6.07) is 0. The summed E-state index contributed by atoms with van der Waals surface area (Å²) in [5.41, 5.74) is 0. The summed E-state index contributed by atoms with van der Waals surface area (Å²) in [7, 11) is 1.26. The molecule has 0 bridgehead atoms. The maximum absolute atomic E-state index is 13.0. The predicted octanol–water partition coefficient (Wildman–Crippen LogP) is -2.45. The molecule has 1 N–H and O–H groups in total. The summed E-state index contributed by atoms with van der Waals surface area (Å²) in [6.07, 6.45) is -1.03. The summed E-state index contributed by atoms with van der Waals surface area (Å²) in [5.74, 6) is -2.11. The molecule has 2 nitrogen and oxygen atoms in total. The second-order valence-corrected chi connectivity index (χ2v) is 2.82. The molecule has 0 saturated carbocycles. The highest BCUT2D eigenvalue weighted by Crippen LogP contribution is 2.18. The second kappa shape index (κ2) is 5.04. The molecule has 0 fully saturated rings. The van der Waals surface area contributed by atoms with Crippen molar-refractivity contribution in [2.45, 2.75) is 19.8 Å². The molecule has 1 heterocycles. The molecule has 0 saturated heterocycles. The third kappa shape index (κ3) is 2.28. The molecule has 0 aliphatic carbocycles. The van der Waals surface area contributed by atoms with Gasteiger partial charge in [-0.2, -0.15) is 8.78 Å². The van der Waals surface area contributed by atoms with Crippen LogP contribution in [0.15, 0.2) is 11.9 Å². The Balaban J connectivity index is 0.00000144. The molecule has 2 unspecified atom stereocenters. The summed E-state index contributed by atoms with van der Waals surface area (Å²) in [4.78, 5) is 0.631. The predicted molar refractivity (Wildman–Crippen MR) is 38.0 cm³/mol. The summed E-state index contributed by atoms with van der Waals surface area (Å²) in [5, 5.41) is 0. The van der Waals surface area contributed by atoms with E-state index in [2.05, 4.69) is 0 Å². The Morgan fingerprint density at radius 2 is 2.00 bits per heavy atom.